The molecule has 1 aromatic carbocycles. The summed E-state index contributed by atoms with van der Waals surface area (Å²) < 4.78 is 0. The Kier molecular flexibility index (Phi) is 6.70. The molecule has 1 aliphatic rings. The van der Waals surface area contributed by atoms with Crippen LogP contribution in [0.1, 0.15) is 48.9 Å². The molecule has 1 aromatic heterocycles. The van der Waals surface area contributed by atoms with Crippen molar-refractivity contribution in [1.29, 1.82) is 0 Å². The lowest BCUT2D eigenvalue weighted by atomic mass is 10.0. The molecule has 2 N–H and O–H groups in total. The van der Waals surface area contributed by atoms with Gasteiger partial charge in [0.1, 0.15) is 0 Å². The Labute approximate surface area is 162 Å². The molecule has 3 rings (SSSR count). The van der Waals surface area contributed by atoms with Gasteiger partial charge in [-0.2, -0.15) is 0 Å². The molecule has 0 saturated carbocycles. The molecule has 2 nitrogen and oxygen atoms in total. The van der Waals surface area contributed by atoms with E-state index in [1.165, 1.54) is 38.6 Å². The maximum atomic E-state index is 3.68. The summed E-state index contributed by atoms with van der Waals surface area (Å²) in [5, 5.41) is 7.21. The van der Waals surface area contributed by atoms with Crippen LogP contribution < -0.4 is 10.6 Å². The number of nitrogens with one attached hydrogen (secondary N) is 2. The second kappa shape index (κ2) is 9.20. The second-order valence-corrected chi connectivity index (χ2v) is 8.29. The third-order valence-electron chi connectivity index (χ3n) is 5.05. The van der Waals surface area contributed by atoms with Crippen molar-refractivity contribution in [3.05, 3.63) is 75.1 Å². The quantitative estimate of drug-likeness (QED) is 0.642. The molecule has 1 aliphatic heterocycles. The summed E-state index contributed by atoms with van der Waals surface area (Å²) in [7, 11) is 0. The predicted octanol–water partition coefficient (Wildman–Crippen LogP) is 5.53. The van der Waals surface area contributed by atoms with Gasteiger partial charge in [0.05, 0.1) is 0 Å². The first kappa shape index (κ1) is 18.9. The van der Waals surface area contributed by atoms with Crippen molar-refractivity contribution in [3.8, 4) is 0 Å². The van der Waals surface area contributed by atoms with Gasteiger partial charge in [-0.05, 0) is 50.8 Å². The fourth-order valence-corrected chi connectivity index (χ4v) is 4.24. The molecule has 0 saturated heterocycles. The number of hydrogen-bond donors (Lipinski definition) is 2. The smallest absolute Gasteiger partial charge is 0.0363 e. The molecule has 0 spiro atoms. The number of rotatable bonds is 8. The van der Waals surface area contributed by atoms with Crippen LogP contribution in [-0.4, -0.2) is 12.6 Å². The van der Waals surface area contributed by atoms with Crippen LogP contribution in [0.2, 0.25) is 0 Å². The van der Waals surface area contributed by atoms with Gasteiger partial charge >= 0.3 is 0 Å². The minimum absolute atomic E-state index is 0.518. The Bertz CT molecular complexity index is 771. The predicted molar refractivity (Wildman–Crippen MR) is 114 cm³/mol. The molecule has 1 unspecified atom stereocenters. The number of allylic oxidation sites excluding steroid dienone is 3. The van der Waals surface area contributed by atoms with E-state index in [1.807, 2.05) is 11.3 Å². The van der Waals surface area contributed by atoms with Crippen molar-refractivity contribution in [2.45, 2.75) is 52.6 Å². The highest BCUT2D eigenvalue weighted by Gasteiger charge is 2.13. The molecule has 138 valence electrons. The zero-order chi connectivity index (χ0) is 18.4. The van der Waals surface area contributed by atoms with Crippen LogP contribution >= 0.6 is 11.3 Å². The molecule has 0 bridgehead atoms. The van der Waals surface area contributed by atoms with E-state index in [9.17, 15) is 0 Å². The molecule has 3 heteroatoms. The molecule has 1 atom stereocenters. The lowest BCUT2D eigenvalue weighted by Gasteiger charge is -2.18. The molecule has 26 heavy (non-hydrogen) atoms. The van der Waals surface area contributed by atoms with Gasteiger partial charge in [-0.3, -0.25) is 0 Å². The molecule has 0 fully saturated rings. The van der Waals surface area contributed by atoms with Crippen LogP contribution in [0, 0.1) is 0 Å². The van der Waals surface area contributed by atoms with E-state index in [0.29, 0.717) is 6.04 Å². The summed E-state index contributed by atoms with van der Waals surface area (Å²) in [5.41, 5.74) is 5.56. The van der Waals surface area contributed by atoms with E-state index in [-0.39, 0.29) is 0 Å². The van der Waals surface area contributed by atoms with Crippen LogP contribution in [0.3, 0.4) is 0 Å². The standard InChI is InChI=1S/C23H30N2S/c1-4-19-14-22(18(3)25-15-19)23-13-12-21(26-23)16-24-17(2)10-11-20-8-6-5-7-9-20/h5-9,12-14,17,24-25H,4,10-11,15-16H2,1-3H3. The van der Waals surface area contributed by atoms with Gasteiger partial charge in [-0.1, -0.05) is 48.9 Å². The van der Waals surface area contributed by atoms with Gasteiger partial charge in [-0.15, -0.1) is 11.3 Å². The Morgan fingerprint density at radius 3 is 2.73 bits per heavy atom. The van der Waals surface area contributed by atoms with Crippen LogP contribution in [0.5, 0.6) is 0 Å². The van der Waals surface area contributed by atoms with Crippen LogP contribution in [-0.2, 0) is 13.0 Å². The normalized spacial score (nSPS) is 15.6. The molecular formula is C23H30N2S. The van der Waals surface area contributed by atoms with Crippen molar-refractivity contribution in [2.75, 3.05) is 6.54 Å². The van der Waals surface area contributed by atoms with E-state index >= 15 is 0 Å². The monoisotopic (exact) mass is 366 g/mol. The topological polar surface area (TPSA) is 24.1 Å². The molecule has 0 amide bonds. The summed E-state index contributed by atoms with van der Waals surface area (Å²) in [6, 6.07) is 15.8. The fourth-order valence-electron chi connectivity index (χ4n) is 3.21. The first-order valence-corrected chi connectivity index (χ1v) is 10.5. The Hall–Kier alpha value is -1.84. The third kappa shape index (κ3) is 5.09. The highest BCUT2D eigenvalue weighted by molar-refractivity contribution is 7.13. The number of aryl methyl sites for hydroxylation is 1. The van der Waals surface area contributed by atoms with E-state index in [2.05, 4.69) is 79.9 Å². The second-order valence-electron chi connectivity index (χ2n) is 7.12. The van der Waals surface area contributed by atoms with Crippen molar-refractivity contribution in [3.63, 3.8) is 0 Å². The SMILES string of the molecule is CCC1=CC(c2ccc(CNC(C)CCc3ccccc3)s2)=C(C)NC1. The van der Waals surface area contributed by atoms with Gasteiger partial charge < -0.3 is 10.6 Å². The largest absolute Gasteiger partial charge is 0.384 e. The Morgan fingerprint density at radius 1 is 1.15 bits per heavy atom. The molecule has 2 aromatic rings. The van der Waals surface area contributed by atoms with Crippen molar-refractivity contribution in [1.82, 2.24) is 10.6 Å². The van der Waals surface area contributed by atoms with Crippen molar-refractivity contribution >= 4 is 16.9 Å². The van der Waals surface area contributed by atoms with E-state index in [1.54, 1.807) is 0 Å². The Morgan fingerprint density at radius 2 is 1.96 bits per heavy atom. The summed E-state index contributed by atoms with van der Waals surface area (Å²) in [5.74, 6) is 0. The third-order valence-corrected chi connectivity index (χ3v) is 6.17. The fraction of sp³-hybridized carbons (Fsp3) is 0.391. The summed E-state index contributed by atoms with van der Waals surface area (Å²) in [6.45, 7) is 8.63. The van der Waals surface area contributed by atoms with Crippen LogP contribution in [0.4, 0.5) is 0 Å². The molecular weight excluding hydrogens is 336 g/mol. The number of hydrogen-bond acceptors (Lipinski definition) is 3. The molecule has 0 aliphatic carbocycles. The summed E-state index contributed by atoms with van der Waals surface area (Å²) in [6.07, 6.45) is 5.78. The summed E-state index contributed by atoms with van der Waals surface area (Å²) in [4.78, 5) is 2.78. The Balaban J connectivity index is 1.53. The van der Waals surface area contributed by atoms with Crippen LogP contribution in [0.15, 0.2) is 59.8 Å². The van der Waals surface area contributed by atoms with Gasteiger partial charge in [0.25, 0.3) is 0 Å². The first-order valence-electron chi connectivity index (χ1n) is 9.66. The zero-order valence-corrected chi connectivity index (χ0v) is 17.0. The average Bonchev–Trinajstić information content (AvgIpc) is 3.15. The van der Waals surface area contributed by atoms with Gasteiger partial charge in [0.15, 0.2) is 0 Å². The maximum Gasteiger partial charge on any atom is 0.0363 e. The number of benzene rings is 1. The lowest BCUT2D eigenvalue weighted by molar-refractivity contribution is 0.517. The van der Waals surface area contributed by atoms with Crippen molar-refractivity contribution in [2.24, 2.45) is 0 Å². The van der Waals surface area contributed by atoms with Gasteiger partial charge in [0.2, 0.25) is 0 Å². The highest BCUT2D eigenvalue weighted by atomic mass is 32.1. The minimum Gasteiger partial charge on any atom is -0.384 e. The number of thiophene rings is 1. The van der Waals surface area contributed by atoms with E-state index in [4.69, 9.17) is 0 Å². The summed E-state index contributed by atoms with van der Waals surface area (Å²) >= 11 is 1.91. The lowest BCUT2D eigenvalue weighted by Crippen LogP contribution is -2.25. The van der Waals surface area contributed by atoms with Gasteiger partial charge in [-0.25, -0.2) is 0 Å². The molecule has 0 radical (unpaired) electrons. The average molecular weight is 367 g/mol. The minimum atomic E-state index is 0.518. The first-order chi connectivity index (χ1) is 12.7. The maximum absolute atomic E-state index is 3.68. The zero-order valence-electron chi connectivity index (χ0n) is 16.1. The number of dihydropyridines is 1. The van der Waals surface area contributed by atoms with Crippen LogP contribution in [0.25, 0.3) is 5.57 Å². The van der Waals surface area contributed by atoms with E-state index in [0.717, 1.165) is 25.9 Å². The van der Waals surface area contributed by atoms with Gasteiger partial charge in [0, 0.05) is 40.2 Å². The van der Waals surface area contributed by atoms with Crippen molar-refractivity contribution < 1.29 is 0 Å². The van der Waals surface area contributed by atoms with E-state index < -0.39 is 0 Å². The highest BCUT2D eigenvalue weighted by Crippen LogP contribution is 2.30. The molecule has 2 heterocycles.